The van der Waals surface area contributed by atoms with Gasteiger partial charge in [-0.3, -0.25) is 4.68 Å². The fraction of sp³-hybridized carbons (Fsp3) is 0.700. The summed E-state index contributed by atoms with van der Waals surface area (Å²) in [5.41, 5.74) is 0.893. The average molecular weight is 198 g/mol. The Bertz CT molecular complexity index is 260. The highest BCUT2D eigenvalue weighted by atomic mass is 16.5. The summed E-state index contributed by atoms with van der Waals surface area (Å²) in [6.07, 6.45) is 4.90. The van der Waals surface area contributed by atoms with Crippen molar-refractivity contribution in [3.05, 3.63) is 18.0 Å². The molecule has 4 nitrogen and oxygen atoms in total. The highest BCUT2D eigenvalue weighted by Crippen LogP contribution is 2.14. The number of hydrogen-bond acceptors (Lipinski definition) is 3. The number of hydrogen-bond donors (Lipinski definition) is 1. The molecule has 1 atom stereocenters. The van der Waals surface area contributed by atoms with Gasteiger partial charge in [0, 0.05) is 32.0 Å². The lowest BCUT2D eigenvalue weighted by atomic mass is 10.2. The third kappa shape index (κ3) is 3.12. The first kappa shape index (κ1) is 11.2. The maximum Gasteiger partial charge on any atom is 0.0817 e. The largest absolute Gasteiger partial charge is 0.388 e. The Morgan fingerprint density at radius 2 is 2.43 bits per heavy atom. The summed E-state index contributed by atoms with van der Waals surface area (Å²) in [7, 11) is 1.69. The molecule has 14 heavy (non-hydrogen) atoms. The summed E-state index contributed by atoms with van der Waals surface area (Å²) in [5, 5.41) is 13.7. The molecule has 0 aliphatic rings. The van der Waals surface area contributed by atoms with Crippen LogP contribution in [0.5, 0.6) is 0 Å². The van der Waals surface area contributed by atoms with Gasteiger partial charge in [0.1, 0.15) is 0 Å². The van der Waals surface area contributed by atoms with Crippen molar-refractivity contribution in [2.24, 2.45) is 0 Å². The second-order valence-corrected chi connectivity index (χ2v) is 3.31. The lowest BCUT2D eigenvalue weighted by molar-refractivity contribution is 0.173. The standard InChI is InChI=1S/C10H18N2O2/c1-3-10(13)9-7-11-12(8-9)5-4-6-14-2/h7-8,10,13H,3-6H2,1-2H3. The zero-order valence-corrected chi connectivity index (χ0v) is 8.81. The summed E-state index contributed by atoms with van der Waals surface area (Å²) >= 11 is 0. The number of aliphatic hydroxyl groups is 1. The molecule has 0 spiro atoms. The first-order valence-corrected chi connectivity index (χ1v) is 4.97. The smallest absolute Gasteiger partial charge is 0.0817 e. The number of aryl methyl sites for hydroxylation is 1. The lowest BCUT2D eigenvalue weighted by Gasteiger charge is -2.03. The van der Waals surface area contributed by atoms with Gasteiger partial charge in [0.05, 0.1) is 12.3 Å². The number of aromatic nitrogens is 2. The van der Waals surface area contributed by atoms with Crippen molar-refractivity contribution in [1.82, 2.24) is 9.78 Å². The third-order valence-electron chi connectivity index (χ3n) is 2.16. The van der Waals surface area contributed by atoms with Crippen molar-refractivity contribution in [3.63, 3.8) is 0 Å². The molecule has 1 rings (SSSR count). The minimum atomic E-state index is -0.383. The second-order valence-electron chi connectivity index (χ2n) is 3.31. The highest BCUT2D eigenvalue weighted by Gasteiger charge is 2.06. The minimum Gasteiger partial charge on any atom is -0.388 e. The third-order valence-corrected chi connectivity index (χ3v) is 2.16. The Kier molecular flexibility index (Phi) is 4.62. The summed E-state index contributed by atoms with van der Waals surface area (Å²) in [4.78, 5) is 0. The van der Waals surface area contributed by atoms with Crippen LogP contribution in [0.15, 0.2) is 12.4 Å². The summed E-state index contributed by atoms with van der Waals surface area (Å²) < 4.78 is 6.79. The van der Waals surface area contributed by atoms with Gasteiger partial charge in [-0.25, -0.2) is 0 Å². The van der Waals surface area contributed by atoms with Gasteiger partial charge in [-0.2, -0.15) is 5.10 Å². The summed E-state index contributed by atoms with van der Waals surface area (Å²) in [5.74, 6) is 0. The molecule has 1 N–H and O–H groups in total. The number of nitrogens with zero attached hydrogens (tertiary/aromatic N) is 2. The van der Waals surface area contributed by atoms with E-state index in [1.165, 1.54) is 0 Å². The topological polar surface area (TPSA) is 47.3 Å². The van der Waals surface area contributed by atoms with Crippen molar-refractivity contribution in [2.45, 2.75) is 32.4 Å². The summed E-state index contributed by atoms with van der Waals surface area (Å²) in [6.45, 7) is 3.53. The molecule has 0 saturated heterocycles. The summed E-state index contributed by atoms with van der Waals surface area (Å²) in [6, 6.07) is 0. The highest BCUT2D eigenvalue weighted by molar-refractivity contribution is 5.07. The van der Waals surface area contributed by atoms with Crippen molar-refractivity contribution in [2.75, 3.05) is 13.7 Å². The fourth-order valence-corrected chi connectivity index (χ4v) is 1.28. The normalized spacial score (nSPS) is 13.1. The van der Waals surface area contributed by atoms with Crippen LogP contribution in [-0.2, 0) is 11.3 Å². The maximum atomic E-state index is 9.54. The molecule has 80 valence electrons. The second kappa shape index (κ2) is 5.78. The van der Waals surface area contributed by atoms with Gasteiger partial charge >= 0.3 is 0 Å². The van der Waals surface area contributed by atoms with Crippen molar-refractivity contribution in [1.29, 1.82) is 0 Å². The van der Waals surface area contributed by atoms with Crippen LogP contribution >= 0.6 is 0 Å². The van der Waals surface area contributed by atoms with E-state index in [2.05, 4.69) is 5.10 Å². The molecule has 0 aromatic carbocycles. The Hall–Kier alpha value is -0.870. The van der Waals surface area contributed by atoms with E-state index in [0.29, 0.717) is 0 Å². The molecule has 0 fully saturated rings. The SMILES string of the molecule is CCC(O)c1cnn(CCCOC)c1. The van der Waals surface area contributed by atoms with Crippen LogP contribution in [0.1, 0.15) is 31.4 Å². The van der Waals surface area contributed by atoms with E-state index >= 15 is 0 Å². The number of ether oxygens (including phenoxy) is 1. The van der Waals surface area contributed by atoms with E-state index in [4.69, 9.17) is 4.74 Å². The van der Waals surface area contributed by atoms with E-state index in [1.54, 1.807) is 13.3 Å². The molecular formula is C10H18N2O2. The molecule has 1 unspecified atom stereocenters. The minimum absolute atomic E-state index is 0.383. The number of rotatable bonds is 6. The van der Waals surface area contributed by atoms with Gasteiger partial charge < -0.3 is 9.84 Å². The molecule has 0 bridgehead atoms. The van der Waals surface area contributed by atoms with Crippen LogP contribution in [-0.4, -0.2) is 28.6 Å². The Labute approximate surface area is 84.5 Å². The van der Waals surface area contributed by atoms with Crippen molar-refractivity contribution >= 4 is 0 Å². The molecule has 0 saturated carbocycles. The van der Waals surface area contributed by atoms with Crippen LogP contribution in [0.2, 0.25) is 0 Å². The number of aliphatic hydroxyl groups excluding tert-OH is 1. The molecule has 0 aliphatic carbocycles. The molecule has 0 radical (unpaired) electrons. The maximum absolute atomic E-state index is 9.54. The van der Waals surface area contributed by atoms with Crippen LogP contribution < -0.4 is 0 Å². The van der Waals surface area contributed by atoms with Crippen LogP contribution in [0.25, 0.3) is 0 Å². The molecule has 1 aromatic rings. The molecule has 1 heterocycles. The predicted octanol–water partition coefficient (Wildman–Crippen LogP) is 1.36. The quantitative estimate of drug-likeness (QED) is 0.702. The van der Waals surface area contributed by atoms with Gasteiger partial charge in [-0.05, 0) is 12.8 Å². The van der Waals surface area contributed by atoms with Gasteiger partial charge in [0.15, 0.2) is 0 Å². The van der Waals surface area contributed by atoms with Gasteiger partial charge in [-0.15, -0.1) is 0 Å². The Balaban J connectivity index is 2.42. The van der Waals surface area contributed by atoms with E-state index in [0.717, 1.165) is 31.6 Å². The van der Waals surface area contributed by atoms with E-state index in [1.807, 2.05) is 17.8 Å². The molecular weight excluding hydrogens is 180 g/mol. The Morgan fingerprint density at radius 3 is 3.07 bits per heavy atom. The molecule has 0 amide bonds. The average Bonchev–Trinajstić information content (AvgIpc) is 2.66. The molecule has 0 aliphatic heterocycles. The molecule has 1 aromatic heterocycles. The fourth-order valence-electron chi connectivity index (χ4n) is 1.28. The monoisotopic (exact) mass is 198 g/mol. The van der Waals surface area contributed by atoms with Crippen LogP contribution in [0, 0.1) is 0 Å². The van der Waals surface area contributed by atoms with Gasteiger partial charge in [0.25, 0.3) is 0 Å². The van der Waals surface area contributed by atoms with Crippen molar-refractivity contribution in [3.8, 4) is 0 Å². The van der Waals surface area contributed by atoms with Crippen LogP contribution in [0.3, 0.4) is 0 Å². The zero-order valence-electron chi connectivity index (χ0n) is 8.81. The first-order chi connectivity index (χ1) is 6.77. The lowest BCUT2D eigenvalue weighted by Crippen LogP contribution is -2.01. The van der Waals surface area contributed by atoms with Crippen molar-refractivity contribution < 1.29 is 9.84 Å². The van der Waals surface area contributed by atoms with E-state index < -0.39 is 0 Å². The first-order valence-electron chi connectivity index (χ1n) is 4.97. The predicted molar refractivity (Wildman–Crippen MR) is 54.0 cm³/mol. The zero-order chi connectivity index (χ0) is 10.4. The van der Waals surface area contributed by atoms with E-state index in [9.17, 15) is 5.11 Å². The van der Waals surface area contributed by atoms with Gasteiger partial charge in [0.2, 0.25) is 0 Å². The molecule has 4 heteroatoms. The van der Waals surface area contributed by atoms with E-state index in [-0.39, 0.29) is 6.10 Å². The Morgan fingerprint density at radius 1 is 1.64 bits per heavy atom. The van der Waals surface area contributed by atoms with Crippen LogP contribution in [0.4, 0.5) is 0 Å². The number of methoxy groups -OCH3 is 1. The van der Waals surface area contributed by atoms with Gasteiger partial charge in [-0.1, -0.05) is 6.92 Å².